The predicted molar refractivity (Wildman–Crippen MR) is 154 cm³/mol. The summed E-state index contributed by atoms with van der Waals surface area (Å²) in [6, 6.07) is 0.533. The lowest BCUT2D eigenvalue weighted by Crippen LogP contribution is -2.60. The minimum Gasteiger partial charge on any atom is -0.394 e. The Labute approximate surface area is 247 Å². The van der Waals surface area contributed by atoms with Gasteiger partial charge < -0.3 is 29.2 Å². The van der Waals surface area contributed by atoms with E-state index < -0.39 is 6.10 Å². The van der Waals surface area contributed by atoms with Crippen LogP contribution in [0.3, 0.4) is 0 Å². The van der Waals surface area contributed by atoms with Gasteiger partial charge in [-0.3, -0.25) is 4.90 Å². The van der Waals surface area contributed by atoms with E-state index in [2.05, 4.69) is 39.5 Å². The molecule has 0 aromatic heterocycles. The largest absolute Gasteiger partial charge is 0.394 e. The Kier molecular flexibility index (Phi) is 6.29. The lowest BCUT2D eigenvalue weighted by atomic mass is 9.41. The van der Waals surface area contributed by atoms with Gasteiger partial charge >= 0.3 is 0 Å². The van der Waals surface area contributed by atoms with Crippen LogP contribution in [0, 0.1) is 50.7 Å². The number of fused-ring (bicyclic) bond motifs is 4. The molecule has 0 aromatic rings. The van der Waals surface area contributed by atoms with E-state index in [1.165, 1.54) is 38.5 Å². The van der Waals surface area contributed by atoms with Crippen LogP contribution in [0.25, 0.3) is 0 Å². The fraction of sp³-hybridized carbons (Fsp3) is 1.00. The number of rotatable bonds is 4. The molecule has 3 aliphatic heterocycles. The van der Waals surface area contributed by atoms with E-state index in [0.29, 0.717) is 40.5 Å². The summed E-state index contributed by atoms with van der Waals surface area (Å²) in [6.07, 6.45) is 8.91. The standard InChI is InChI=1S/C34H55NO6/c1-20-14-22(16-36)40-28-27(20)31(4)10-11-34-19-33(34)9-8-25(41-26-15-35(12-13-39-26)21-17-38-18-21)30(2,3)23(33)6-7-24(34)32(31,5)29(28)37/h20-29,36-37H,6-19H2,1-5H3/t20-,22-,23+,24+,25+,26+,27-,28+,29+,31-,32-,33-,34+/m1/s1. The van der Waals surface area contributed by atoms with E-state index in [0.717, 1.165) is 45.8 Å². The third-order valence-electron chi connectivity index (χ3n) is 15.5. The fourth-order valence-corrected chi connectivity index (χ4v) is 13.4. The van der Waals surface area contributed by atoms with Gasteiger partial charge in [-0.2, -0.15) is 0 Å². The van der Waals surface area contributed by atoms with Crippen LogP contribution in [0.2, 0.25) is 0 Å². The minimum absolute atomic E-state index is 0.0586. The Morgan fingerprint density at radius 1 is 0.976 bits per heavy atom. The second-order valence-electron chi connectivity index (χ2n) is 16.9. The number of morpholine rings is 1. The molecule has 2 N–H and O–H groups in total. The van der Waals surface area contributed by atoms with Crippen LogP contribution in [0.4, 0.5) is 0 Å². The summed E-state index contributed by atoms with van der Waals surface area (Å²) in [6.45, 7) is 16.6. The maximum absolute atomic E-state index is 12.2. The first-order valence-electron chi connectivity index (χ1n) is 17.0. The number of hydrogen-bond acceptors (Lipinski definition) is 7. The first kappa shape index (κ1) is 28.2. The van der Waals surface area contributed by atoms with Crippen LogP contribution >= 0.6 is 0 Å². The molecule has 7 heteroatoms. The second-order valence-corrected chi connectivity index (χ2v) is 16.9. The zero-order chi connectivity index (χ0) is 28.6. The van der Waals surface area contributed by atoms with Gasteiger partial charge in [-0.05, 0) is 96.7 Å². The van der Waals surface area contributed by atoms with E-state index in [4.69, 9.17) is 18.9 Å². The maximum atomic E-state index is 12.2. The fourth-order valence-electron chi connectivity index (χ4n) is 13.4. The van der Waals surface area contributed by atoms with Gasteiger partial charge in [-0.25, -0.2) is 0 Å². The quantitative estimate of drug-likeness (QED) is 0.521. The molecule has 13 atom stereocenters. The summed E-state index contributed by atoms with van der Waals surface area (Å²) in [4.78, 5) is 2.51. The lowest BCUT2D eigenvalue weighted by Gasteiger charge is -2.64. The summed E-state index contributed by atoms with van der Waals surface area (Å²) in [5.74, 6) is 2.04. The van der Waals surface area contributed by atoms with Crippen molar-refractivity contribution in [1.29, 1.82) is 0 Å². The van der Waals surface area contributed by atoms with E-state index in [1.807, 2.05) is 0 Å². The predicted octanol–water partition coefficient (Wildman–Crippen LogP) is 4.23. The van der Waals surface area contributed by atoms with Gasteiger partial charge in [0.05, 0.1) is 63.4 Å². The molecule has 8 fully saturated rings. The first-order valence-corrected chi connectivity index (χ1v) is 17.0. The number of ether oxygens (including phenoxy) is 4. The van der Waals surface area contributed by atoms with Crippen molar-refractivity contribution >= 4 is 0 Å². The Bertz CT molecular complexity index is 1050. The Balaban J connectivity index is 1.04. The molecule has 41 heavy (non-hydrogen) atoms. The number of aliphatic hydroxyl groups is 2. The molecule has 232 valence electrons. The van der Waals surface area contributed by atoms with Crippen molar-refractivity contribution in [3.8, 4) is 0 Å². The lowest BCUT2D eigenvalue weighted by molar-refractivity contribution is -0.256. The SMILES string of the molecule is C[C@@H]1C[C@H](CO)O[C@H]2[C@@H]1[C@@]1(C)CC[C@@]34C[C@@]35CC[C@H](O[C@H]3CN(C6COC6)CCO3)C(C)(C)[C@@H]5CC[C@H]4[C@]1(C)[C@H]2O. The molecule has 5 saturated carbocycles. The van der Waals surface area contributed by atoms with Crippen LogP contribution in [0.5, 0.6) is 0 Å². The van der Waals surface area contributed by atoms with Gasteiger partial charge in [0, 0.05) is 12.0 Å². The van der Waals surface area contributed by atoms with Crippen molar-refractivity contribution in [2.24, 2.45) is 50.7 Å². The van der Waals surface area contributed by atoms with E-state index in [9.17, 15) is 10.2 Å². The summed E-state index contributed by atoms with van der Waals surface area (Å²) in [5.41, 5.74) is 0.779. The van der Waals surface area contributed by atoms with Crippen LogP contribution in [0.1, 0.15) is 86.0 Å². The molecule has 8 aliphatic rings. The smallest absolute Gasteiger partial charge is 0.170 e. The Morgan fingerprint density at radius 2 is 1.73 bits per heavy atom. The van der Waals surface area contributed by atoms with Crippen molar-refractivity contribution in [3.05, 3.63) is 0 Å². The van der Waals surface area contributed by atoms with Crippen LogP contribution in [0.15, 0.2) is 0 Å². The highest BCUT2D eigenvalue weighted by Crippen LogP contribution is 2.89. The molecule has 5 aliphatic carbocycles. The number of hydrogen-bond donors (Lipinski definition) is 2. The highest BCUT2D eigenvalue weighted by Gasteiger charge is 2.84. The van der Waals surface area contributed by atoms with Gasteiger partial charge in [0.25, 0.3) is 0 Å². The zero-order valence-corrected chi connectivity index (χ0v) is 26.1. The highest BCUT2D eigenvalue weighted by molar-refractivity contribution is 5.32. The normalized spacial score (nSPS) is 57.9. The summed E-state index contributed by atoms with van der Waals surface area (Å²) < 4.78 is 25.0. The van der Waals surface area contributed by atoms with Crippen molar-refractivity contribution in [2.75, 3.05) is 39.5 Å². The summed E-state index contributed by atoms with van der Waals surface area (Å²) in [5, 5.41) is 22.2. The Hall–Kier alpha value is -0.280. The van der Waals surface area contributed by atoms with Crippen molar-refractivity contribution in [1.82, 2.24) is 4.90 Å². The monoisotopic (exact) mass is 573 g/mol. The average molecular weight is 574 g/mol. The van der Waals surface area contributed by atoms with Gasteiger partial charge in [0.15, 0.2) is 6.29 Å². The zero-order valence-electron chi connectivity index (χ0n) is 26.1. The van der Waals surface area contributed by atoms with Gasteiger partial charge in [-0.15, -0.1) is 0 Å². The molecule has 0 unspecified atom stereocenters. The molecule has 2 spiro atoms. The summed E-state index contributed by atoms with van der Waals surface area (Å²) >= 11 is 0. The van der Waals surface area contributed by atoms with Gasteiger partial charge in [0.2, 0.25) is 0 Å². The molecule has 0 radical (unpaired) electrons. The molecular weight excluding hydrogens is 518 g/mol. The minimum atomic E-state index is -0.453. The first-order chi connectivity index (χ1) is 19.5. The van der Waals surface area contributed by atoms with E-state index in [-0.39, 0.29) is 47.5 Å². The topological polar surface area (TPSA) is 80.6 Å². The van der Waals surface area contributed by atoms with Crippen molar-refractivity contribution in [2.45, 2.75) is 123 Å². The Morgan fingerprint density at radius 3 is 2.46 bits per heavy atom. The number of aliphatic hydroxyl groups excluding tert-OH is 2. The maximum Gasteiger partial charge on any atom is 0.170 e. The molecule has 0 amide bonds. The molecule has 3 saturated heterocycles. The van der Waals surface area contributed by atoms with Crippen molar-refractivity contribution < 1.29 is 29.2 Å². The van der Waals surface area contributed by atoms with Crippen LogP contribution in [-0.2, 0) is 18.9 Å². The van der Waals surface area contributed by atoms with Crippen molar-refractivity contribution in [3.63, 3.8) is 0 Å². The average Bonchev–Trinajstić information content (AvgIpc) is 3.54. The highest BCUT2D eigenvalue weighted by atomic mass is 16.7. The van der Waals surface area contributed by atoms with E-state index in [1.54, 1.807) is 0 Å². The number of nitrogens with zero attached hydrogens (tertiary/aromatic N) is 1. The molecule has 8 rings (SSSR count). The van der Waals surface area contributed by atoms with Crippen LogP contribution in [-0.4, -0.2) is 91.4 Å². The third-order valence-corrected chi connectivity index (χ3v) is 15.5. The molecule has 0 aromatic carbocycles. The molecular formula is C34H55NO6. The van der Waals surface area contributed by atoms with E-state index >= 15 is 0 Å². The third kappa shape index (κ3) is 3.46. The molecule has 0 bridgehead atoms. The molecule has 7 nitrogen and oxygen atoms in total. The van der Waals surface area contributed by atoms with Crippen LogP contribution < -0.4 is 0 Å². The second kappa shape index (κ2) is 9.14. The van der Waals surface area contributed by atoms with Gasteiger partial charge in [0.1, 0.15) is 0 Å². The summed E-state index contributed by atoms with van der Waals surface area (Å²) in [7, 11) is 0. The molecule has 3 heterocycles. The van der Waals surface area contributed by atoms with Gasteiger partial charge in [-0.1, -0.05) is 34.6 Å².